The number of fused-ring (bicyclic) bond motifs is 1. The molecule has 0 bridgehead atoms. The van der Waals surface area contributed by atoms with Gasteiger partial charge in [-0.05, 0) is 42.4 Å². The van der Waals surface area contributed by atoms with E-state index in [4.69, 9.17) is 4.74 Å². The Kier molecular flexibility index (Phi) is 3.29. The maximum Gasteiger partial charge on any atom is 0.0519 e. The van der Waals surface area contributed by atoms with Crippen molar-refractivity contribution < 1.29 is 4.74 Å². The first-order valence-electron chi connectivity index (χ1n) is 7.15. The second kappa shape index (κ2) is 4.93. The lowest BCUT2D eigenvalue weighted by molar-refractivity contribution is -0.0583. The number of hydrogen-bond donors (Lipinski definition) is 0. The van der Waals surface area contributed by atoms with Crippen LogP contribution >= 0.6 is 0 Å². The van der Waals surface area contributed by atoms with E-state index in [1.807, 2.05) is 0 Å². The standard InChI is InChI=1S/C16H23NO/c1-12(14-10-18-11-14)6-7-13-4-3-5-16-15(13)8-9-17(16)2/h3-5,12,14H,6-11H2,1-2H3. The van der Waals surface area contributed by atoms with E-state index in [9.17, 15) is 0 Å². The number of hydrogen-bond acceptors (Lipinski definition) is 2. The molecule has 1 aromatic carbocycles. The molecule has 98 valence electrons. The van der Waals surface area contributed by atoms with Crippen molar-refractivity contribution >= 4 is 5.69 Å². The third-order valence-electron chi connectivity index (χ3n) is 4.69. The van der Waals surface area contributed by atoms with Crippen molar-refractivity contribution in [3.63, 3.8) is 0 Å². The summed E-state index contributed by atoms with van der Waals surface area (Å²) in [6.45, 7) is 5.52. The van der Waals surface area contributed by atoms with E-state index in [0.29, 0.717) is 0 Å². The second-order valence-corrected chi connectivity index (χ2v) is 5.90. The number of nitrogens with zero attached hydrogens (tertiary/aromatic N) is 1. The smallest absolute Gasteiger partial charge is 0.0519 e. The number of rotatable bonds is 4. The Morgan fingerprint density at radius 2 is 2.22 bits per heavy atom. The molecule has 3 rings (SSSR count). The number of benzene rings is 1. The number of anilines is 1. The zero-order valence-electron chi connectivity index (χ0n) is 11.5. The van der Waals surface area contributed by atoms with Crippen LogP contribution in [-0.4, -0.2) is 26.8 Å². The highest BCUT2D eigenvalue weighted by atomic mass is 16.5. The maximum absolute atomic E-state index is 5.29. The molecule has 18 heavy (non-hydrogen) atoms. The Bertz CT molecular complexity index is 425. The Labute approximate surface area is 110 Å². The lowest BCUT2D eigenvalue weighted by Gasteiger charge is -2.31. The third kappa shape index (κ3) is 2.14. The quantitative estimate of drug-likeness (QED) is 0.808. The van der Waals surface area contributed by atoms with Gasteiger partial charge < -0.3 is 9.64 Å². The molecule has 1 saturated heterocycles. The highest BCUT2D eigenvalue weighted by Crippen LogP contribution is 2.31. The molecule has 2 heteroatoms. The number of likely N-dealkylation sites (N-methyl/N-ethyl adjacent to an activating group) is 1. The van der Waals surface area contributed by atoms with Gasteiger partial charge in [0.15, 0.2) is 0 Å². The number of ether oxygens (including phenoxy) is 1. The molecule has 2 nitrogen and oxygen atoms in total. The molecule has 1 aromatic rings. The molecule has 0 N–H and O–H groups in total. The van der Waals surface area contributed by atoms with E-state index in [2.05, 4.69) is 37.1 Å². The fourth-order valence-corrected chi connectivity index (χ4v) is 3.10. The molecule has 1 unspecified atom stereocenters. The van der Waals surface area contributed by atoms with Gasteiger partial charge in [-0.3, -0.25) is 0 Å². The van der Waals surface area contributed by atoms with Crippen molar-refractivity contribution in [2.45, 2.75) is 26.2 Å². The normalized spacial score (nSPS) is 20.7. The van der Waals surface area contributed by atoms with Gasteiger partial charge in [0.25, 0.3) is 0 Å². The van der Waals surface area contributed by atoms with Crippen molar-refractivity contribution in [3.05, 3.63) is 29.3 Å². The van der Waals surface area contributed by atoms with Crippen LogP contribution in [0.4, 0.5) is 5.69 Å². The number of aryl methyl sites for hydroxylation is 1. The summed E-state index contributed by atoms with van der Waals surface area (Å²) in [5.41, 5.74) is 4.62. The van der Waals surface area contributed by atoms with Crippen molar-refractivity contribution in [2.75, 3.05) is 31.7 Å². The molecule has 2 heterocycles. The fraction of sp³-hybridized carbons (Fsp3) is 0.625. The largest absolute Gasteiger partial charge is 0.381 e. The van der Waals surface area contributed by atoms with Crippen LogP contribution in [-0.2, 0) is 17.6 Å². The Balaban J connectivity index is 1.66. The van der Waals surface area contributed by atoms with Gasteiger partial charge in [-0.2, -0.15) is 0 Å². The molecule has 1 atom stereocenters. The fourth-order valence-electron chi connectivity index (χ4n) is 3.10. The van der Waals surface area contributed by atoms with E-state index in [-0.39, 0.29) is 0 Å². The van der Waals surface area contributed by atoms with Crippen molar-refractivity contribution in [3.8, 4) is 0 Å². The Morgan fingerprint density at radius 3 is 2.94 bits per heavy atom. The Morgan fingerprint density at radius 1 is 1.39 bits per heavy atom. The van der Waals surface area contributed by atoms with Crippen LogP contribution in [0.2, 0.25) is 0 Å². The predicted octanol–water partition coefficient (Wildman–Crippen LogP) is 2.89. The first-order chi connectivity index (χ1) is 8.75. The molecular formula is C16H23NO. The molecule has 0 amide bonds. The molecule has 1 fully saturated rings. The van der Waals surface area contributed by atoms with Crippen LogP contribution in [0.1, 0.15) is 24.5 Å². The molecule has 0 aromatic heterocycles. The summed E-state index contributed by atoms with van der Waals surface area (Å²) in [5.74, 6) is 1.61. The highest BCUT2D eigenvalue weighted by molar-refractivity contribution is 5.60. The topological polar surface area (TPSA) is 12.5 Å². The first-order valence-corrected chi connectivity index (χ1v) is 7.15. The van der Waals surface area contributed by atoms with Crippen LogP contribution in [0, 0.1) is 11.8 Å². The van der Waals surface area contributed by atoms with Gasteiger partial charge in [0.05, 0.1) is 13.2 Å². The zero-order chi connectivity index (χ0) is 12.5. The van der Waals surface area contributed by atoms with E-state index < -0.39 is 0 Å². The van der Waals surface area contributed by atoms with Crippen LogP contribution in [0.15, 0.2) is 18.2 Å². The van der Waals surface area contributed by atoms with Gasteiger partial charge in [-0.1, -0.05) is 19.1 Å². The van der Waals surface area contributed by atoms with Crippen molar-refractivity contribution in [1.82, 2.24) is 0 Å². The summed E-state index contributed by atoms with van der Waals surface area (Å²) < 4.78 is 5.29. The lowest BCUT2D eigenvalue weighted by Crippen LogP contribution is -2.33. The van der Waals surface area contributed by atoms with Gasteiger partial charge >= 0.3 is 0 Å². The van der Waals surface area contributed by atoms with Crippen LogP contribution in [0.3, 0.4) is 0 Å². The Hall–Kier alpha value is -1.02. The lowest BCUT2D eigenvalue weighted by atomic mass is 9.86. The summed E-state index contributed by atoms with van der Waals surface area (Å²) in [6, 6.07) is 6.80. The minimum absolute atomic E-state index is 0.800. The summed E-state index contributed by atoms with van der Waals surface area (Å²) in [6.07, 6.45) is 3.76. The van der Waals surface area contributed by atoms with E-state index in [1.165, 1.54) is 31.5 Å². The molecule has 0 saturated carbocycles. The molecular weight excluding hydrogens is 222 g/mol. The van der Waals surface area contributed by atoms with E-state index in [1.54, 1.807) is 11.1 Å². The summed E-state index contributed by atoms with van der Waals surface area (Å²) >= 11 is 0. The van der Waals surface area contributed by atoms with Gasteiger partial charge in [0.2, 0.25) is 0 Å². The second-order valence-electron chi connectivity index (χ2n) is 5.90. The van der Waals surface area contributed by atoms with Crippen molar-refractivity contribution in [2.24, 2.45) is 11.8 Å². The molecule has 2 aliphatic rings. The molecule has 2 aliphatic heterocycles. The minimum Gasteiger partial charge on any atom is -0.381 e. The SMILES string of the molecule is CC(CCc1cccc2c1CCN2C)C1COC1. The summed E-state index contributed by atoms with van der Waals surface area (Å²) in [4.78, 5) is 2.38. The van der Waals surface area contributed by atoms with Gasteiger partial charge in [0.1, 0.15) is 0 Å². The summed E-state index contributed by atoms with van der Waals surface area (Å²) in [5, 5.41) is 0. The predicted molar refractivity (Wildman–Crippen MR) is 75.2 cm³/mol. The van der Waals surface area contributed by atoms with Crippen LogP contribution in [0.25, 0.3) is 0 Å². The maximum atomic E-state index is 5.29. The average Bonchev–Trinajstić information content (AvgIpc) is 2.67. The van der Waals surface area contributed by atoms with Gasteiger partial charge in [-0.15, -0.1) is 0 Å². The molecule has 0 radical (unpaired) electrons. The van der Waals surface area contributed by atoms with E-state index in [0.717, 1.165) is 25.0 Å². The van der Waals surface area contributed by atoms with Gasteiger partial charge in [-0.25, -0.2) is 0 Å². The highest BCUT2D eigenvalue weighted by Gasteiger charge is 2.25. The third-order valence-corrected chi connectivity index (χ3v) is 4.69. The minimum atomic E-state index is 0.800. The van der Waals surface area contributed by atoms with Gasteiger partial charge in [0, 0.05) is 25.2 Å². The first kappa shape index (κ1) is 12.0. The van der Waals surface area contributed by atoms with Crippen LogP contribution in [0.5, 0.6) is 0 Å². The molecule has 0 spiro atoms. The van der Waals surface area contributed by atoms with Crippen molar-refractivity contribution in [1.29, 1.82) is 0 Å². The zero-order valence-corrected chi connectivity index (χ0v) is 11.5. The molecule has 0 aliphatic carbocycles. The summed E-state index contributed by atoms with van der Waals surface area (Å²) in [7, 11) is 2.20. The average molecular weight is 245 g/mol. The van der Waals surface area contributed by atoms with E-state index >= 15 is 0 Å². The van der Waals surface area contributed by atoms with Crippen LogP contribution < -0.4 is 4.90 Å². The monoisotopic (exact) mass is 245 g/mol.